The summed E-state index contributed by atoms with van der Waals surface area (Å²) in [6.07, 6.45) is 0. The first-order chi connectivity index (χ1) is 8.59. The predicted molar refractivity (Wildman–Crippen MR) is 74.2 cm³/mol. The van der Waals surface area contributed by atoms with Gasteiger partial charge >= 0.3 is 0 Å². The van der Waals surface area contributed by atoms with Crippen molar-refractivity contribution >= 4 is 29.0 Å². The Bertz CT molecular complexity index is 569. The largest absolute Gasteiger partial charge is 0.318 e. The van der Waals surface area contributed by atoms with Gasteiger partial charge in [-0.3, -0.25) is 4.79 Å². The summed E-state index contributed by atoms with van der Waals surface area (Å²) in [5.41, 5.74) is 7.16. The van der Waals surface area contributed by atoms with Crippen molar-refractivity contribution in [1.29, 1.82) is 0 Å². The second kappa shape index (κ2) is 5.53. The van der Waals surface area contributed by atoms with Crippen LogP contribution in [0.5, 0.6) is 0 Å². The van der Waals surface area contributed by atoms with Crippen LogP contribution >= 0.6 is 23.2 Å². The lowest BCUT2D eigenvalue weighted by molar-refractivity contribution is 0.0961. The predicted octanol–water partition coefficient (Wildman–Crippen LogP) is 3.88. The number of hydrogen-bond acceptors (Lipinski definition) is 2. The number of carbonyl (C=O) groups excluding carboxylic acids is 1. The molecular weight excluding hydrogens is 269 g/mol. The van der Waals surface area contributed by atoms with Crippen LogP contribution in [0.25, 0.3) is 0 Å². The van der Waals surface area contributed by atoms with Gasteiger partial charge in [0.1, 0.15) is 0 Å². The molecule has 2 aromatic carbocycles. The Morgan fingerprint density at radius 1 is 1.00 bits per heavy atom. The van der Waals surface area contributed by atoms with Gasteiger partial charge in [0.25, 0.3) is 0 Å². The monoisotopic (exact) mass is 279 g/mol. The fourth-order valence-electron chi connectivity index (χ4n) is 1.64. The molecule has 0 fully saturated rings. The number of nitrogens with two attached hydrogens (primary N) is 1. The Morgan fingerprint density at radius 2 is 1.67 bits per heavy atom. The molecular formula is C14H11Cl2NO. The molecule has 4 heteroatoms. The molecule has 0 heterocycles. The van der Waals surface area contributed by atoms with Crippen LogP contribution in [0.15, 0.2) is 48.5 Å². The van der Waals surface area contributed by atoms with E-state index in [1.165, 1.54) is 6.07 Å². The number of carbonyl (C=O) groups is 1. The van der Waals surface area contributed by atoms with Gasteiger partial charge in [0.15, 0.2) is 5.78 Å². The van der Waals surface area contributed by atoms with E-state index in [4.69, 9.17) is 28.9 Å². The highest BCUT2D eigenvalue weighted by atomic mass is 35.5. The van der Waals surface area contributed by atoms with Gasteiger partial charge in [-0.1, -0.05) is 53.5 Å². The van der Waals surface area contributed by atoms with Gasteiger partial charge < -0.3 is 5.73 Å². The molecule has 2 aromatic rings. The molecule has 0 aromatic heterocycles. The molecule has 92 valence electrons. The van der Waals surface area contributed by atoms with Crippen molar-refractivity contribution in [2.24, 2.45) is 5.73 Å². The molecule has 0 aliphatic rings. The molecule has 0 aliphatic carbocycles. The van der Waals surface area contributed by atoms with Gasteiger partial charge in [-0.15, -0.1) is 0 Å². The molecule has 18 heavy (non-hydrogen) atoms. The molecule has 0 amide bonds. The topological polar surface area (TPSA) is 43.1 Å². The number of benzene rings is 2. The van der Waals surface area contributed by atoms with Crippen LogP contribution in [0.4, 0.5) is 0 Å². The van der Waals surface area contributed by atoms with Crippen molar-refractivity contribution in [3.05, 3.63) is 69.7 Å². The van der Waals surface area contributed by atoms with Gasteiger partial charge in [-0.25, -0.2) is 0 Å². The fourth-order valence-corrected chi connectivity index (χ4v) is 1.94. The van der Waals surface area contributed by atoms with Crippen LogP contribution in [-0.4, -0.2) is 5.78 Å². The maximum atomic E-state index is 12.2. The average molecular weight is 280 g/mol. The summed E-state index contributed by atoms with van der Waals surface area (Å²) in [7, 11) is 0. The van der Waals surface area contributed by atoms with E-state index in [1.54, 1.807) is 12.1 Å². The third kappa shape index (κ3) is 2.72. The van der Waals surface area contributed by atoms with Crippen molar-refractivity contribution in [2.75, 3.05) is 0 Å². The summed E-state index contributed by atoms with van der Waals surface area (Å²) in [5, 5.41) is 0.768. The Morgan fingerprint density at radius 3 is 2.28 bits per heavy atom. The van der Waals surface area contributed by atoms with E-state index in [2.05, 4.69) is 0 Å². The first-order valence-corrected chi connectivity index (χ1v) is 6.15. The van der Waals surface area contributed by atoms with Gasteiger partial charge in [0, 0.05) is 5.56 Å². The van der Waals surface area contributed by atoms with E-state index >= 15 is 0 Å². The van der Waals surface area contributed by atoms with Gasteiger partial charge in [-0.05, 0) is 23.8 Å². The summed E-state index contributed by atoms with van der Waals surface area (Å²) in [5.74, 6) is -0.181. The third-order valence-electron chi connectivity index (χ3n) is 2.65. The van der Waals surface area contributed by atoms with Crippen LogP contribution in [0.3, 0.4) is 0 Å². The van der Waals surface area contributed by atoms with Crippen molar-refractivity contribution in [1.82, 2.24) is 0 Å². The average Bonchev–Trinajstić information content (AvgIpc) is 2.41. The molecule has 1 atom stereocenters. The number of Topliss-reactive ketones (excluding diaryl/α,β-unsaturated/α-hetero) is 1. The SMILES string of the molecule is N[C@@H](C(=O)c1ccc(Cl)c(Cl)c1)c1ccccc1. The molecule has 2 nitrogen and oxygen atoms in total. The number of rotatable bonds is 3. The van der Waals surface area contributed by atoms with Gasteiger partial charge in [0.05, 0.1) is 16.1 Å². The maximum absolute atomic E-state index is 12.2. The number of hydrogen-bond donors (Lipinski definition) is 1. The summed E-state index contributed by atoms with van der Waals surface area (Å²) in [6, 6.07) is 13.3. The molecule has 2 N–H and O–H groups in total. The maximum Gasteiger partial charge on any atom is 0.184 e. The smallest absolute Gasteiger partial charge is 0.184 e. The van der Waals surface area contributed by atoms with E-state index in [9.17, 15) is 4.79 Å². The summed E-state index contributed by atoms with van der Waals surface area (Å²) in [4.78, 5) is 12.2. The Hall–Kier alpha value is -1.35. The number of ketones is 1. The van der Waals surface area contributed by atoms with Crippen LogP contribution in [0, 0.1) is 0 Å². The van der Waals surface area contributed by atoms with Crippen LogP contribution in [0.1, 0.15) is 22.0 Å². The highest BCUT2D eigenvalue weighted by Gasteiger charge is 2.18. The highest BCUT2D eigenvalue weighted by molar-refractivity contribution is 6.42. The van der Waals surface area contributed by atoms with Crippen molar-refractivity contribution < 1.29 is 4.79 Å². The fraction of sp³-hybridized carbons (Fsp3) is 0.0714. The molecule has 0 aliphatic heterocycles. The lowest BCUT2D eigenvalue weighted by Crippen LogP contribution is -2.21. The first-order valence-electron chi connectivity index (χ1n) is 5.39. The minimum atomic E-state index is -0.691. The lowest BCUT2D eigenvalue weighted by Gasteiger charge is -2.11. The van der Waals surface area contributed by atoms with E-state index < -0.39 is 6.04 Å². The zero-order valence-electron chi connectivity index (χ0n) is 9.44. The molecule has 0 unspecified atom stereocenters. The standard InChI is InChI=1S/C14H11Cl2NO/c15-11-7-6-10(8-12(11)16)14(18)13(17)9-4-2-1-3-5-9/h1-8,13H,17H2/t13-/m1/s1. The minimum Gasteiger partial charge on any atom is -0.318 e. The molecule has 0 spiro atoms. The van der Waals surface area contributed by atoms with Crippen molar-refractivity contribution in [3.8, 4) is 0 Å². The Labute approximate surface area is 115 Å². The van der Waals surface area contributed by atoms with Gasteiger partial charge in [0.2, 0.25) is 0 Å². The lowest BCUT2D eigenvalue weighted by atomic mass is 9.98. The molecule has 0 saturated heterocycles. The van der Waals surface area contributed by atoms with Crippen molar-refractivity contribution in [2.45, 2.75) is 6.04 Å². The zero-order valence-corrected chi connectivity index (χ0v) is 10.9. The van der Waals surface area contributed by atoms with E-state index in [1.807, 2.05) is 30.3 Å². The van der Waals surface area contributed by atoms with Crippen LogP contribution in [0.2, 0.25) is 10.0 Å². The Kier molecular flexibility index (Phi) is 4.02. The number of halogens is 2. The van der Waals surface area contributed by atoms with Crippen molar-refractivity contribution in [3.63, 3.8) is 0 Å². The zero-order chi connectivity index (χ0) is 13.1. The second-order valence-corrected chi connectivity index (χ2v) is 4.70. The van der Waals surface area contributed by atoms with Gasteiger partial charge in [-0.2, -0.15) is 0 Å². The second-order valence-electron chi connectivity index (χ2n) is 3.88. The first kappa shape index (κ1) is 13.1. The minimum absolute atomic E-state index is 0.181. The molecule has 0 bridgehead atoms. The van der Waals surface area contributed by atoms with Crippen LogP contribution in [-0.2, 0) is 0 Å². The molecule has 2 rings (SSSR count). The van der Waals surface area contributed by atoms with E-state index in [-0.39, 0.29) is 5.78 Å². The normalized spacial score (nSPS) is 12.2. The van der Waals surface area contributed by atoms with E-state index in [0.717, 1.165) is 5.56 Å². The molecule has 0 radical (unpaired) electrons. The summed E-state index contributed by atoms with van der Waals surface area (Å²) in [6.45, 7) is 0. The van der Waals surface area contributed by atoms with Crippen LogP contribution < -0.4 is 5.73 Å². The Balaban J connectivity index is 2.29. The summed E-state index contributed by atoms with van der Waals surface area (Å²) < 4.78 is 0. The molecule has 0 saturated carbocycles. The quantitative estimate of drug-likeness (QED) is 0.867. The highest BCUT2D eigenvalue weighted by Crippen LogP contribution is 2.25. The van der Waals surface area contributed by atoms with E-state index in [0.29, 0.717) is 15.6 Å². The summed E-state index contributed by atoms with van der Waals surface area (Å²) >= 11 is 11.7. The third-order valence-corrected chi connectivity index (χ3v) is 3.38.